The molecular formula is C11H19N3O2S. The lowest BCUT2D eigenvalue weighted by molar-refractivity contribution is 0.123. The quantitative estimate of drug-likeness (QED) is 0.775. The number of nitrogens with zero attached hydrogens (tertiary/aromatic N) is 2. The van der Waals surface area contributed by atoms with Crippen LogP contribution in [-0.4, -0.2) is 43.2 Å². The number of hydrogen-bond acceptors (Lipinski definition) is 6. The Morgan fingerprint density at radius 1 is 1.53 bits per heavy atom. The van der Waals surface area contributed by atoms with E-state index in [9.17, 15) is 0 Å². The van der Waals surface area contributed by atoms with Gasteiger partial charge in [-0.1, -0.05) is 11.3 Å². The number of methoxy groups -OCH3 is 1. The summed E-state index contributed by atoms with van der Waals surface area (Å²) in [4.78, 5) is 0. The predicted octanol–water partition coefficient (Wildman–Crippen LogP) is 1.17. The zero-order chi connectivity index (χ0) is 12.1. The Kier molecular flexibility index (Phi) is 4.85. The van der Waals surface area contributed by atoms with Gasteiger partial charge < -0.3 is 14.8 Å². The highest BCUT2D eigenvalue weighted by Crippen LogP contribution is 2.30. The minimum Gasteiger partial charge on any atom is -0.383 e. The molecular weight excluding hydrogens is 238 g/mol. The van der Waals surface area contributed by atoms with Crippen LogP contribution in [0.2, 0.25) is 0 Å². The first-order valence-electron chi connectivity index (χ1n) is 5.93. The Labute approximate surface area is 106 Å². The highest BCUT2D eigenvalue weighted by atomic mass is 32.1. The van der Waals surface area contributed by atoms with Crippen molar-refractivity contribution in [1.82, 2.24) is 15.5 Å². The van der Waals surface area contributed by atoms with E-state index in [4.69, 9.17) is 9.47 Å². The molecule has 0 amide bonds. The molecule has 0 spiro atoms. The van der Waals surface area contributed by atoms with E-state index in [0.29, 0.717) is 12.0 Å². The molecule has 2 unspecified atom stereocenters. The highest BCUT2D eigenvalue weighted by molar-refractivity contribution is 7.11. The van der Waals surface area contributed by atoms with E-state index in [0.717, 1.165) is 42.7 Å². The molecule has 1 aromatic heterocycles. The van der Waals surface area contributed by atoms with Gasteiger partial charge in [0.15, 0.2) is 0 Å². The summed E-state index contributed by atoms with van der Waals surface area (Å²) < 4.78 is 10.5. The van der Waals surface area contributed by atoms with Gasteiger partial charge in [0.05, 0.1) is 19.3 Å². The first-order valence-corrected chi connectivity index (χ1v) is 6.74. The van der Waals surface area contributed by atoms with Gasteiger partial charge in [-0.3, -0.25) is 0 Å². The van der Waals surface area contributed by atoms with E-state index in [1.54, 1.807) is 18.4 Å². The summed E-state index contributed by atoms with van der Waals surface area (Å²) in [6.45, 7) is 5.22. The lowest BCUT2D eigenvalue weighted by Crippen LogP contribution is -2.18. The molecule has 1 aromatic rings. The van der Waals surface area contributed by atoms with E-state index in [-0.39, 0.29) is 0 Å². The maximum absolute atomic E-state index is 5.55. The van der Waals surface area contributed by atoms with E-state index in [1.165, 1.54) is 0 Å². The van der Waals surface area contributed by atoms with Crippen molar-refractivity contribution in [3.63, 3.8) is 0 Å². The molecule has 1 aliphatic rings. The maximum Gasteiger partial charge on any atom is 0.131 e. The van der Waals surface area contributed by atoms with Crippen LogP contribution >= 0.6 is 11.3 Å². The Balaban J connectivity index is 1.79. The van der Waals surface area contributed by atoms with Crippen molar-refractivity contribution in [1.29, 1.82) is 0 Å². The highest BCUT2D eigenvalue weighted by Gasteiger charge is 2.26. The largest absolute Gasteiger partial charge is 0.383 e. The molecule has 5 nitrogen and oxygen atoms in total. The summed E-state index contributed by atoms with van der Waals surface area (Å²) in [6.07, 6.45) is 1.42. The van der Waals surface area contributed by atoms with Crippen molar-refractivity contribution in [2.75, 3.05) is 26.9 Å². The van der Waals surface area contributed by atoms with Gasteiger partial charge in [-0.05, 0) is 13.3 Å². The van der Waals surface area contributed by atoms with E-state index in [1.807, 2.05) is 0 Å². The van der Waals surface area contributed by atoms with Gasteiger partial charge in [0.25, 0.3) is 0 Å². The Bertz CT molecular complexity index is 345. The smallest absolute Gasteiger partial charge is 0.131 e. The van der Waals surface area contributed by atoms with Gasteiger partial charge in [-0.25, -0.2) is 0 Å². The fourth-order valence-electron chi connectivity index (χ4n) is 1.86. The molecule has 0 aromatic carbocycles. The molecule has 1 aliphatic heterocycles. The Morgan fingerprint density at radius 3 is 3.12 bits per heavy atom. The molecule has 0 bridgehead atoms. The second kappa shape index (κ2) is 6.39. The van der Waals surface area contributed by atoms with Crippen LogP contribution in [0, 0.1) is 0 Å². The second-order valence-corrected chi connectivity index (χ2v) is 5.37. The minimum atomic E-state index is 0.354. The van der Waals surface area contributed by atoms with Gasteiger partial charge in [0.2, 0.25) is 0 Å². The van der Waals surface area contributed by atoms with Crippen molar-refractivity contribution < 1.29 is 9.47 Å². The number of hydrogen-bond donors (Lipinski definition) is 1. The number of rotatable bonds is 6. The first-order chi connectivity index (χ1) is 8.29. The summed E-state index contributed by atoms with van der Waals surface area (Å²) in [5, 5.41) is 13.9. The van der Waals surface area contributed by atoms with Crippen LogP contribution in [0.4, 0.5) is 0 Å². The molecule has 6 heteroatoms. The molecule has 2 atom stereocenters. The second-order valence-electron chi connectivity index (χ2n) is 4.28. The van der Waals surface area contributed by atoms with Crippen LogP contribution in [0.25, 0.3) is 0 Å². The van der Waals surface area contributed by atoms with Crippen molar-refractivity contribution in [3.05, 3.63) is 10.0 Å². The van der Waals surface area contributed by atoms with Crippen molar-refractivity contribution in [2.45, 2.75) is 31.9 Å². The molecule has 2 rings (SSSR count). The minimum absolute atomic E-state index is 0.354. The van der Waals surface area contributed by atoms with Gasteiger partial charge in [-0.15, -0.1) is 10.2 Å². The van der Waals surface area contributed by atoms with Crippen molar-refractivity contribution in [2.24, 2.45) is 0 Å². The Morgan fingerprint density at radius 2 is 2.41 bits per heavy atom. The van der Waals surface area contributed by atoms with Gasteiger partial charge in [0.1, 0.15) is 10.0 Å². The lowest BCUT2D eigenvalue weighted by Gasteiger charge is -2.01. The number of ether oxygens (including phenoxy) is 2. The average molecular weight is 257 g/mol. The van der Waals surface area contributed by atoms with E-state index in [2.05, 4.69) is 22.4 Å². The zero-order valence-electron chi connectivity index (χ0n) is 10.3. The van der Waals surface area contributed by atoms with E-state index >= 15 is 0 Å². The molecule has 1 saturated heterocycles. The standard InChI is InChI=1S/C11H19N3O2S/c1-8-5-9(7-16-8)11-14-13-10(17-11)6-12-3-4-15-2/h8-9,12H,3-7H2,1-2H3. The molecule has 1 N–H and O–H groups in total. The van der Waals surface area contributed by atoms with Gasteiger partial charge in [-0.2, -0.15) is 0 Å². The maximum atomic E-state index is 5.55. The molecule has 0 aliphatic carbocycles. The first kappa shape index (κ1) is 12.9. The SMILES string of the molecule is COCCNCc1nnc(C2COC(C)C2)s1. The number of aromatic nitrogens is 2. The van der Waals surface area contributed by atoms with Crippen molar-refractivity contribution in [3.8, 4) is 0 Å². The summed E-state index contributed by atoms with van der Waals surface area (Å²) in [7, 11) is 1.70. The Hall–Kier alpha value is -0.560. The van der Waals surface area contributed by atoms with Crippen LogP contribution in [0.3, 0.4) is 0 Å². The third-order valence-electron chi connectivity index (χ3n) is 2.79. The summed E-state index contributed by atoms with van der Waals surface area (Å²) >= 11 is 1.68. The predicted molar refractivity (Wildman–Crippen MR) is 66.3 cm³/mol. The van der Waals surface area contributed by atoms with Crippen LogP contribution in [-0.2, 0) is 16.0 Å². The lowest BCUT2D eigenvalue weighted by atomic mass is 10.1. The van der Waals surface area contributed by atoms with Gasteiger partial charge in [0, 0.05) is 26.1 Å². The third-order valence-corrected chi connectivity index (χ3v) is 3.88. The van der Waals surface area contributed by atoms with Crippen molar-refractivity contribution >= 4 is 11.3 Å². The molecule has 1 fully saturated rings. The average Bonchev–Trinajstić information content (AvgIpc) is 2.93. The summed E-state index contributed by atoms with van der Waals surface area (Å²) in [5.41, 5.74) is 0. The molecule has 0 radical (unpaired) electrons. The molecule has 17 heavy (non-hydrogen) atoms. The number of nitrogens with one attached hydrogen (secondary N) is 1. The normalized spacial score (nSPS) is 24.4. The third kappa shape index (κ3) is 3.70. The van der Waals surface area contributed by atoms with Crippen LogP contribution < -0.4 is 5.32 Å². The summed E-state index contributed by atoms with van der Waals surface area (Å²) in [6, 6.07) is 0. The fraction of sp³-hybridized carbons (Fsp3) is 0.818. The molecule has 0 saturated carbocycles. The fourth-order valence-corrected chi connectivity index (χ4v) is 2.77. The topological polar surface area (TPSA) is 56.3 Å². The van der Waals surface area contributed by atoms with Gasteiger partial charge >= 0.3 is 0 Å². The van der Waals surface area contributed by atoms with Crippen LogP contribution in [0.1, 0.15) is 29.3 Å². The summed E-state index contributed by atoms with van der Waals surface area (Å²) in [5.74, 6) is 0.440. The molecule has 2 heterocycles. The van der Waals surface area contributed by atoms with Crippen LogP contribution in [0.15, 0.2) is 0 Å². The molecule has 96 valence electrons. The zero-order valence-corrected chi connectivity index (χ0v) is 11.1. The van der Waals surface area contributed by atoms with Crippen LogP contribution in [0.5, 0.6) is 0 Å². The van der Waals surface area contributed by atoms with E-state index < -0.39 is 0 Å². The monoisotopic (exact) mass is 257 g/mol.